The maximum Gasteiger partial charge on any atom is 0.287 e. The maximum absolute atomic E-state index is 12.0. The first-order valence-corrected chi connectivity index (χ1v) is 5.77. The molecule has 0 aromatic heterocycles. The van der Waals surface area contributed by atoms with Gasteiger partial charge in [0.25, 0.3) is 17.5 Å². The van der Waals surface area contributed by atoms with Crippen LogP contribution < -0.4 is 10.1 Å². The molecule has 1 unspecified atom stereocenters. The highest BCUT2D eigenvalue weighted by atomic mass is 16.6. The average molecular weight is 290 g/mol. The Hall–Kier alpha value is -3.10. The standard InChI is InChI=1S/C12H10N4O5/c1-21-10-4-2-7(16(19)20)6-9(10)13-12(18)8-3-5-11(17)15-14-8/h2-6,8H,1H3,(H,13,18). The van der Waals surface area contributed by atoms with Crippen molar-refractivity contribution in [3.05, 3.63) is 40.5 Å². The Bertz CT molecular complexity index is 652. The Balaban J connectivity index is 2.22. The van der Waals surface area contributed by atoms with Crippen molar-refractivity contribution in [1.82, 2.24) is 0 Å². The number of methoxy groups -OCH3 is 1. The number of anilines is 1. The molecule has 0 saturated carbocycles. The first-order valence-electron chi connectivity index (χ1n) is 5.77. The zero-order chi connectivity index (χ0) is 15.4. The lowest BCUT2D eigenvalue weighted by atomic mass is 10.2. The van der Waals surface area contributed by atoms with Crippen LogP contribution >= 0.6 is 0 Å². The minimum atomic E-state index is -0.966. The molecule has 9 heteroatoms. The number of nitrogens with zero attached hydrogens (tertiary/aromatic N) is 3. The number of hydrogen-bond acceptors (Lipinski definition) is 6. The molecule has 0 bridgehead atoms. The Kier molecular flexibility index (Phi) is 4.02. The second-order valence-electron chi connectivity index (χ2n) is 3.99. The van der Waals surface area contributed by atoms with Crippen LogP contribution in [0.5, 0.6) is 5.75 Å². The summed E-state index contributed by atoms with van der Waals surface area (Å²) < 4.78 is 5.02. The van der Waals surface area contributed by atoms with Gasteiger partial charge in [-0.25, -0.2) is 0 Å². The first-order chi connectivity index (χ1) is 10.0. The highest BCUT2D eigenvalue weighted by Crippen LogP contribution is 2.29. The molecular formula is C12H10N4O5. The molecule has 9 nitrogen and oxygen atoms in total. The molecule has 0 saturated heterocycles. The predicted molar refractivity (Wildman–Crippen MR) is 71.1 cm³/mol. The van der Waals surface area contributed by atoms with Gasteiger partial charge in [-0.3, -0.25) is 19.7 Å². The van der Waals surface area contributed by atoms with Crippen LogP contribution in [0.3, 0.4) is 0 Å². The topological polar surface area (TPSA) is 123 Å². The number of carbonyl (C=O) groups excluding carboxylic acids is 2. The van der Waals surface area contributed by atoms with Crippen molar-refractivity contribution in [2.24, 2.45) is 10.2 Å². The molecule has 1 aliphatic heterocycles. The molecule has 2 amide bonds. The molecule has 1 heterocycles. The normalized spacial score (nSPS) is 16.6. The monoisotopic (exact) mass is 290 g/mol. The number of ether oxygens (including phenoxy) is 1. The lowest BCUT2D eigenvalue weighted by Crippen LogP contribution is -2.26. The van der Waals surface area contributed by atoms with Gasteiger partial charge in [0.15, 0.2) is 6.04 Å². The quantitative estimate of drug-likeness (QED) is 0.664. The van der Waals surface area contributed by atoms with Crippen molar-refractivity contribution in [2.45, 2.75) is 6.04 Å². The van der Waals surface area contributed by atoms with E-state index in [1.165, 1.54) is 31.4 Å². The van der Waals surface area contributed by atoms with Gasteiger partial charge < -0.3 is 10.1 Å². The Morgan fingerprint density at radius 3 is 2.81 bits per heavy atom. The number of nitro benzene ring substituents is 1. The third kappa shape index (κ3) is 3.26. The largest absolute Gasteiger partial charge is 0.495 e. The van der Waals surface area contributed by atoms with E-state index in [0.29, 0.717) is 0 Å². The van der Waals surface area contributed by atoms with E-state index >= 15 is 0 Å². The second-order valence-corrected chi connectivity index (χ2v) is 3.99. The Morgan fingerprint density at radius 1 is 1.48 bits per heavy atom. The number of hydrogen-bond donors (Lipinski definition) is 1. The zero-order valence-electron chi connectivity index (χ0n) is 10.8. The van der Waals surface area contributed by atoms with Crippen molar-refractivity contribution in [3.8, 4) is 5.75 Å². The van der Waals surface area contributed by atoms with Crippen molar-refractivity contribution in [1.29, 1.82) is 0 Å². The van der Waals surface area contributed by atoms with Gasteiger partial charge in [-0.2, -0.15) is 5.11 Å². The average Bonchev–Trinajstić information content (AvgIpc) is 2.47. The number of nitrogens with one attached hydrogen (secondary N) is 1. The lowest BCUT2D eigenvalue weighted by Gasteiger charge is -2.12. The van der Waals surface area contributed by atoms with Gasteiger partial charge in [-0.1, -0.05) is 0 Å². The summed E-state index contributed by atoms with van der Waals surface area (Å²) in [7, 11) is 1.37. The van der Waals surface area contributed by atoms with Crippen LogP contribution in [0.1, 0.15) is 0 Å². The Morgan fingerprint density at radius 2 is 2.24 bits per heavy atom. The van der Waals surface area contributed by atoms with Crippen LogP contribution in [-0.4, -0.2) is 29.9 Å². The van der Waals surface area contributed by atoms with Gasteiger partial charge in [0, 0.05) is 18.2 Å². The molecular weight excluding hydrogens is 280 g/mol. The number of rotatable bonds is 4. The molecule has 0 aliphatic carbocycles. The van der Waals surface area contributed by atoms with Gasteiger partial charge in [0.05, 0.1) is 17.7 Å². The minimum Gasteiger partial charge on any atom is -0.495 e. The number of benzene rings is 1. The molecule has 1 atom stereocenters. The van der Waals surface area contributed by atoms with Gasteiger partial charge in [0.1, 0.15) is 5.75 Å². The van der Waals surface area contributed by atoms with E-state index < -0.39 is 22.8 Å². The van der Waals surface area contributed by atoms with Crippen LogP contribution in [0.2, 0.25) is 0 Å². The third-order valence-electron chi connectivity index (χ3n) is 2.62. The molecule has 0 spiro atoms. The van der Waals surface area contributed by atoms with Gasteiger partial charge in [-0.15, -0.1) is 5.11 Å². The van der Waals surface area contributed by atoms with Crippen molar-refractivity contribution in [3.63, 3.8) is 0 Å². The summed E-state index contributed by atoms with van der Waals surface area (Å²) in [5, 5.41) is 20.0. The SMILES string of the molecule is COc1ccc([N+](=O)[O-])cc1NC(=O)C1C=CC(=O)N=N1. The number of nitro groups is 1. The fourth-order valence-electron chi connectivity index (χ4n) is 1.62. The number of carbonyl (C=O) groups is 2. The van der Waals surface area contributed by atoms with Crippen LogP contribution in [-0.2, 0) is 9.59 Å². The summed E-state index contributed by atoms with van der Waals surface area (Å²) in [6, 6.07) is 2.83. The minimum absolute atomic E-state index is 0.136. The van der Waals surface area contributed by atoms with E-state index in [4.69, 9.17) is 4.74 Å². The molecule has 21 heavy (non-hydrogen) atoms. The van der Waals surface area contributed by atoms with E-state index in [9.17, 15) is 19.7 Å². The van der Waals surface area contributed by atoms with Crippen LogP contribution in [0, 0.1) is 10.1 Å². The highest BCUT2D eigenvalue weighted by Gasteiger charge is 2.21. The fraction of sp³-hybridized carbons (Fsp3) is 0.167. The van der Waals surface area contributed by atoms with Gasteiger partial charge >= 0.3 is 0 Å². The highest BCUT2D eigenvalue weighted by molar-refractivity contribution is 5.99. The molecule has 108 valence electrons. The second kappa shape index (κ2) is 5.90. The summed E-state index contributed by atoms with van der Waals surface area (Å²) in [5.41, 5.74) is -0.0562. The molecule has 1 aromatic rings. The van der Waals surface area contributed by atoms with E-state index in [1.807, 2.05) is 0 Å². The maximum atomic E-state index is 12.0. The van der Waals surface area contributed by atoms with Crippen LogP contribution in [0.4, 0.5) is 11.4 Å². The summed E-state index contributed by atoms with van der Waals surface area (Å²) in [4.78, 5) is 33.0. The molecule has 2 rings (SSSR count). The van der Waals surface area contributed by atoms with Gasteiger partial charge in [-0.05, 0) is 12.1 Å². The molecule has 1 aromatic carbocycles. The third-order valence-corrected chi connectivity index (χ3v) is 2.62. The van der Waals surface area contributed by atoms with E-state index in [-0.39, 0.29) is 17.1 Å². The summed E-state index contributed by atoms with van der Waals surface area (Å²) in [5.74, 6) is -0.866. The summed E-state index contributed by atoms with van der Waals surface area (Å²) >= 11 is 0. The summed E-state index contributed by atoms with van der Waals surface area (Å²) in [6.07, 6.45) is 2.41. The van der Waals surface area contributed by atoms with E-state index in [0.717, 1.165) is 6.08 Å². The van der Waals surface area contributed by atoms with Crippen molar-refractivity contribution in [2.75, 3.05) is 12.4 Å². The Labute approximate surface area is 118 Å². The smallest absolute Gasteiger partial charge is 0.287 e. The summed E-state index contributed by atoms with van der Waals surface area (Å²) in [6.45, 7) is 0. The molecule has 0 fully saturated rings. The van der Waals surface area contributed by atoms with Crippen LogP contribution in [0.15, 0.2) is 40.6 Å². The van der Waals surface area contributed by atoms with Crippen molar-refractivity contribution >= 4 is 23.2 Å². The number of non-ortho nitro benzene ring substituents is 1. The van der Waals surface area contributed by atoms with E-state index in [1.54, 1.807) is 0 Å². The van der Waals surface area contributed by atoms with Crippen molar-refractivity contribution < 1.29 is 19.2 Å². The molecule has 1 aliphatic rings. The van der Waals surface area contributed by atoms with Crippen LogP contribution in [0.25, 0.3) is 0 Å². The van der Waals surface area contributed by atoms with E-state index in [2.05, 4.69) is 15.5 Å². The number of azo groups is 1. The zero-order valence-corrected chi connectivity index (χ0v) is 10.8. The van der Waals surface area contributed by atoms with Gasteiger partial charge in [0.2, 0.25) is 0 Å². The number of amides is 2. The molecule has 0 radical (unpaired) electrons. The molecule has 1 N–H and O–H groups in total. The first kappa shape index (κ1) is 14.3. The lowest BCUT2D eigenvalue weighted by molar-refractivity contribution is -0.384. The predicted octanol–water partition coefficient (Wildman–Crippen LogP) is 1.46. The fourth-order valence-corrected chi connectivity index (χ4v) is 1.62.